The molecule has 1 aliphatic heterocycles. The lowest BCUT2D eigenvalue weighted by Gasteiger charge is -2.25. The van der Waals surface area contributed by atoms with Crippen LogP contribution in [-0.2, 0) is 4.79 Å². The Morgan fingerprint density at radius 2 is 1.88 bits per heavy atom. The van der Waals surface area contributed by atoms with Gasteiger partial charge in [-0.3, -0.25) is 4.79 Å². The van der Waals surface area contributed by atoms with E-state index in [1.807, 2.05) is 0 Å². The van der Waals surface area contributed by atoms with Crippen LogP contribution in [0.1, 0.15) is 44.9 Å². The van der Waals surface area contributed by atoms with Crippen molar-refractivity contribution in [3.05, 3.63) is 5.92 Å². The molecule has 2 rings (SSSR count). The Kier molecular flexibility index (Phi) is 4.64. The van der Waals surface area contributed by atoms with Crippen molar-refractivity contribution in [3.8, 4) is 0 Å². The predicted molar refractivity (Wildman–Crippen MR) is 64.9 cm³/mol. The topological polar surface area (TPSA) is 41.1 Å². The Bertz CT molecular complexity index is 218. The number of nitrogens with one attached hydrogen (secondary N) is 2. The normalized spacial score (nSPS) is 24.2. The highest BCUT2D eigenvalue weighted by Crippen LogP contribution is 2.24. The Hall–Kier alpha value is -0.570. The molecule has 0 unspecified atom stereocenters. The third-order valence-electron chi connectivity index (χ3n) is 3.78. The van der Waals surface area contributed by atoms with Gasteiger partial charge in [-0.1, -0.05) is 19.3 Å². The molecule has 3 nitrogen and oxygen atoms in total. The van der Waals surface area contributed by atoms with Crippen LogP contribution in [0.5, 0.6) is 0 Å². The standard InChI is InChI=1S/C13H23N2O/c16-13(12-6-8-14-9-7-12)15-10-11-4-2-1-3-5-11/h12,14H,1-10H2,(H,15,16). The number of carbonyl (C=O) groups excluding carboxylic acids is 1. The van der Waals surface area contributed by atoms with E-state index in [4.69, 9.17) is 0 Å². The van der Waals surface area contributed by atoms with Gasteiger partial charge in [0.25, 0.3) is 0 Å². The van der Waals surface area contributed by atoms with Crippen molar-refractivity contribution in [3.63, 3.8) is 0 Å². The van der Waals surface area contributed by atoms with Crippen molar-refractivity contribution in [2.45, 2.75) is 44.9 Å². The number of hydrogen-bond donors (Lipinski definition) is 2. The lowest BCUT2D eigenvalue weighted by molar-refractivity contribution is -0.125. The Labute approximate surface area is 98.4 Å². The SMILES string of the molecule is O=C(NC[C]1CCCCC1)C1CCNCC1. The van der Waals surface area contributed by atoms with Gasteiger partial charge in [-0.05, 0) is 44.7 Å². The van der Waals surface area contributed by atoms with E-state index in [9.17, 15) is 4.79 Å². The highest BCUT2D eigenvalue weighted by Gasteiger charge is 2.22. The quantitative estimate of drug-likeness (QED) is 0.763. The van der Waals surface area contributed by atoms with E-state index in [1.165, 1.54) is 32.1 Å². The molecule has 2 N–H and O–H groups in total. The summed E-state index contributed by atoms with van der Waals surface area (Å²) in [4.78, 5) is 11.9. The van der Waals surface area contributed by atoms with Crippen molar-refractivity contribution in [1.29, 1.82) is 0 Å². The summed E-state index contributed by atoms with van der Waals surface area (Å²) >= 11 is 0. The fourth-order valence-corrected chi connectivity index (χ4v) is 2.67. The molecule has 1 heterocycles. The van der Waals surface area contributed by atoms with Gasteiger partial charge in [0.05, 0.1) is 0 Å². The predicted octanol–water partition coefficient (Wildman–Crippen LogP) is 1.64. The number of rotatable bonds is 3. The molecule has 0 spiro atoms. The fourth-order valence-electron chi connectivity index (χ4n) is 2.67. The van der Waals surface area contributed by atoms with Gasteiger partial charge >= 0.3 is 0 Å². The van der Waals surface area contributed by atoms with Gasteiger partial charge in [0, 0.05) is 12.5 Å². The summed E-state index contributed by atoms with van der Waals surface area (Å²) < 4.78 is 0. The van der Waals surface area contributed by atoms with Crippen molar-refractivity contribution >= 4 is 5.91 Å². The number of amides is 1. The molecule has 0 atom stereocenters. The van der Waals surface area contributed by atoms with Crippen LogP contribution in [-0.4, -0.2) is 25.5 Å². The maximum Gasteiger partial charge on any atom is 0.223 e. The van der Waals surface area contributed by atoms with Crippen LogP contribution >= 0.6 is 0 Å². The third kappa shape index (κ3) is 3.48. The molecule has 91 valence electrons. The molecule has 2 fully saturated rings. The average molecular weight is 223 g/mol. The van der Waals surface area contributed by atoms with Gasteiger partial charge in [-0.25, -0.2) is 0 Å². The van der Waals surface area contributed by atoms with Gasteiger partial charge in [-0.2, -0.15) is 0 Å². The third-order valence-corrected chi connectivity index (χ3v) is 3.78. The Balaban J connectivity index is 1.65. The van der Waals surface area contributed by atoms with Crippen molar-refractivity contribution in [2.75, 3.05) is 19.6 Å². The summed E-state index contributed by atoms with van der Waals surface area (Å²) in [5.41, 5.74) is 0. The zero-order chi connectivity index (χ0) is 11.2. The fraction of sp³-hybridized carbons (Fsp3) is 0.846. The van der Waals surface area contributed by atoms with Crippen LogP contribution in [0.2, 0.25) is 0 Å². The zero-order valence-electron chi connectivity index (χ0n) is 10.1. The lowest BCUT2D eigenvalue weighted by atomic mass is 9.89. The first kappa shape index (κ1) is 11.9. The first-order chi connectivity index (χ1) is 7.86. The molecule has 0 aromatic carbocycles. The molecular formula is C13H23N2O. The largest absolute Gasteiger partial charge is 0.355 e. The van der Waals surface area contributed by atoms with Crippen LogP contribution < -0.4 is 10.6 Å². The van der Waals surface area contributed by atoms with E-state index in [1.54, 1.807) is 5.92 Å². The maximum absolute atomic E-state index is 11.9. The zero-order valence-corrected chi connectivity index (χ0v) is 10.1. The van der Waals surface area contributed by atoms with Crippen molar-refractivity contribution < 1.29 is 4.79 Å². The molecule has 16 heavy (non-hydrogen) atoms. The molecule has 1 radical (unpaired) electrons. The highest BCUT2D eigenvalue weighted by atomic mass is 16.1. The average Bonchev–Trinajstić information content (AvgIpc) is 2.38. The van der Waals surface area contributed by atoms with Crippen molar-refractivity contribution in [2.24, 2.45) is 5.92 Å². The molecule has 1 saturated carbocycles. The summed E-state index contributed by atoms with van der Waals surface area (Å²) in [5, 5.41) is 6.41. The molecule has 2 aliphatic rings. The molecule has 0 bridgehead atoms. The Morgan fingerprint density at radius 1 is 1.19 bits per heavy atom. The summed E-state index contributed by atoms with van der Waals surface area (Å²) in [6, 6.07) is 0. The summed E-state index contributed by atoms with van der Waals surface area (Å²) in [6.07, 6.45) is 8.46. The van der Waals surface area contributed by atoms with E-state index in [-0.39, 0.29) is 11.8 Å². The second-order valence-corrected chi connectivity index (χ2v) is 5.05. The van der Waals surface area contributed by atoms with Crippen LogP contribution in [0.25, 0.3) is 0 Å². The van der Waals surface area contributed by atoms with Crippen molar-refractivity contribution in [1.82, 2.24) is 10.6 Å². The smallest absolute Gasteiger partial charge is 0.223 e. The molecule has 1 saturated heterocycles. The van der Waals surface area contributed by atoms with Gasteiger partial charge in [-0.15, -0.1) is 0 Å². The van der Waals surface area contributed by atoms with Crippen LogP contribution in [0.4, 0.5) is 0 Å². The molecule has 0 aromatic rings. The lowest BCUT2D eigenvalue weighted by Crippen LogP contribution is -2.39. The minimum absolute atomic E-state index is 0.255. The number of piperidine rings is 1. The van der Waals surface area contributed by atoms with Crippen LogP contribution in [0.3, 0.4) is 0 Å². The van der Waals surface area contributed by atoms with Gasteiger partial charge in [0.2, 0.25) is 5.91 Å². The minimum Gasteiger partial charge on any atom is -0.355 e. The molecular weight excluding hydrogens is 200 g/mol. The summed E-state index contributed by atoms with van der Waals surface area (Å²) in [5.74, 6) is 2.08. The summed E-state index contributed by atoms with van der Waals surface area (Å²) in [6.45, 7) is 2.83. The highest BCUT2D eigenvalue weighted by molar-refractivity contribution is 5.78. The summed E-state index contributed by atoms with van der Waals surface area (Å²) in [7, 11) is 0. The monoisotopic (exact) mass is 223 g/mol. The maximum atomic E-state index is 11.9. The molecule has 1 amide bonds. The van der Waals surface area contributed by atoms with E-state index in [0.717, 1.165) is 32.5 Å². The minimum atomic E-state index is 0.255. The van der Waals surface area contributed by atoms with Gasteiger partial charge < -0.3 is 10.6 Å². The Morgan fingerprint density at radius 3 is 2.56 bits per heavy atom. The first-order valence-corrected chi connectivity index (χ1v) is 6.68. The second-order valence-electron chi connectivity index (χ2n) is 5.05. The van der Waals surface area contributed by atoms with Gasteiger partial charge in [0.1, 0.15) is 0 Å². The van der Waals surface area contributed by atoms with Crippen LogP contribution in [0, 0.1) is 11.8 Å². The first-order valence-electron chi connectivity index (χ1n) is 6.68. The van der Waals surface area contributed by atoms with E-state index < -0.39 is 0 Å². The molecule has 0 aromatic heterocycles. The molecule has 1 aliphatic carbocycles. The number of carbonyl (C=O) groups is 1. The van der Waals surface area contributed by atoms with E-state index >= 15 is 0 Å². The van der Waals surface area contributed by atoms with E-state index in [2.05, 4.69) is 10.6 Å². The van der Waals surface area contributed by atoms with E-state index in [0.29, 0.717) is 0 Å². The van der Waals surface area contributed by atoms with Gasteiger partial charge in [0.15, 0.2) is 0 Å². The number of hydrogen-bond acceptors (Lipinski definition) is 2. The van der Waals surface area contributed by atoms with Crippen LogP contribution in [0.15, 0.2) is 0 Å². The molecule has 3 heteroatoms. The second kappa shape index (κ2) is 6.24.